The third-order valence-corrected chi connectivity index (χ3v) is 3.12. The first-order valence-electron chi connectivity index (χ1n) is 7.83. The van der Waals surface area contributed by atoms with Gasteiger partial charge in [0.1, 0.15) is 19.0 Å². The van der Waals surface area contributed by atoms with E-state index in [9.17, 15) is 9.59 Å². The number of ether oxygens (including phenoxy) is 3. The van der Waals surface area contributed by atoms with Crippen LogP contribution in [-0.2, 0) is 9.47 Å². The minimum absolute atomic E-state index is 0.147. The van der Waals surface area contributed by atoms with Crippen molar-refractivity contribution >= 4 is 11.9 Å². The van der Waals surface area contributed by atoms with E-state index in [1.165, 1.54) is 0 Å². The van der Waals surface area contributed by atoms with Gasteiger partial charge in [-0.3, -0.25) is 0 Å². The van der Waals surface area contributed by atoms with Crippen LogP contribution in [0.3, 0.4) is 0 Å². The fourth-order valence-corrected chi connectivity index (χ4v) is 1.91. The molecule has 5 heteroatoms. The van der Waals surface area contributed by atoms with Gasteiger partial charge in [-0.25, -0.2) is 9.59 Å². The smallest absolute Gasteiger partial charge is 0.338 e. The van der Waals surface area contributed by atoms with Gasteiger partial charge >= 0.3 is 11.9 Å². The fourth-order valence-electron chi connectivity index (χ4n) is 1.91. The molecule has 0 aliphatic carbocycles. The molecule has 0 spiro atoms. The number of para-hydroxylation sites is 1. The summed E-state index contributed by atoms with van der Waals surface area (Å²) in [6, 6.07) is 15.5. The van der Waals surface area contributed by atoms with Crippen LogP contribution >= 0.6 is 0 Å². The van der Waals surface area contributed by atoms with E-state index < -0.39 is 11.9 Å². The first-order valence-corrected chi connectivity index (χ1v) is 7.83. The van der Waals surface area contributed by atoms with Gasteiger partial charge in [0.05, 0.1) is 17.7 Å². The average Bonchev–Trinajstić information content (AvgIpc) is 2.64. The zero-order valence-electron chi connectivity index (χ0n) is 13.6. The second-order valence-electron chi connectivity index (χ2n) is 5.01. The number of esters is 2. The van der Waals surface area contributed by atoms with Gasteiger partial charge < -0.3 is 14.2 Å². The highest BCUT2D eigenvalue weighted by Gasteiger charge is 2.10. The quantitative estimate of drug-likeness (QED) is 0.548. The van der Waals surface area contributed by atoms with Gasteiger partial charge in [-0.2, -0.15) is 0 Å². The predicted molar refractivity (Wildman–Crippen MR) is 89.2 cm³/mol. The molecule has 2 aromatic rings. The van der Waals surface area contributed by atoms with Gasteiger partial charge in [0.15, 0.2) is 0 Å². The molecule has 0 N–H and O–H groups in total. The van der Waals surface area contributed by atoms with Crippen molar-refractivity contribution in [3.63, 3.8) is 0 Å². The van der Waals surface area contributed by atoms with Crippen LogP contribution in [0.4, 0.5) is 0 Å². The first kappa shape index (κ1) is 17.5. The summed E-state index contributed by atoms with van der Waals surface area (Å²) < 4.78 is 15.6. The van der Waals surface area contributed by atoms with E-state index in [0.717, 1.165) is 12.2 Å². The Morgan fingerprint density at radius 3 is 1.83 bits per heavy atom. The molecule has 0 heterocycles. The molecule has 2 rings (SSSR count). The zero-order chi connectivity index (χ0) is 17.2. The van der Waals surface area contributed by atoms with E-state index in [1.807, 2.05) is 37.3 Å². The Kier molecular flexibility index (Phi) is 6.83. The fraction of sp³-hybridized carbons (Fsp3) is 0.263. The predicted octanol–water partition coefficient (Wildman–Crippen LogP) is 3.49. The van der Waals surface area contributed by atoms with Crippen molar-refractivity contribution < 1.29 is 23.8 Å². The maximum Gasteiger partial charge on any atom is 0.338 e. The van der Waals surface area contributed by atoms with Crippen molar-refractivity contribution in [2.24, 2.45) is 0 Å². The molecule has 0 radical (unpaired) electrons. The van der Waals surface area contributed by atoms with Crippen molar-refractivity contribution in [3.05, 3.63) is 65.7 Å². The Bertz CT molecular complexity index is 649. The van der Waals surface area contributed by atoms with E-state index in [4.69, 9.17) is 14.2 Å². The van der Waals surface area contributed by atoms with Crippen LogP contribution in [0.2, 0.25) is 0 Å². The lowest BCUT2D eigenvalue weighted by molar-refractivity contribution is 0.0447. The Balaban J connectivity index is 1.77. The molecule has 0 saturated carbocycles. The monoisotopic (exact) mass is 328 g/mol. The van der Waals surface area contributed by atoms with Crippen molar-refractivity contribution in [2.75, 3.05) is 19.8 Å². The van der Waals surface area contributed by atoms with Gasteiger partial charge in [0.2, 0.25) is 0 Å². The van der Waals surface area contributed by atoms with E-state index in [-0.39, 0.29) is 13.2 Å². The molecule has 0 bridgehead atoms. The molecule has 0 atom stereocenters. The molecule has 0 amide bonds. The molecule has 0 fully saturated rings. The molecule has 5 nitrogen and oxygen atoms in total. The number of hydrogen-bond donors (Lipinski definition) is 0. The maximum atomic E-state index is 11.9. The van der Waals surface area contributed by atoms with E-state index >= 15 is 0 Å². The minimum atomic E-state index is -0.458. The summed E-state index contributed by atoms with van der Waals surface area (Å²) in [5.41, 5.74) is 0.786. The lowest BCUT2D eigenvalue weighted by Crippen LogP contribution is -2.13. The first-order chi connectivity index (χ1) is 11.7. The summed E-state index contributed by atoms with van der Waals surface area (Å²) in [7, 11) is 0. The largest absolute Gasteiger partial charge is 0.490 e. The summed E-state index contributed by atoms with van der Waals surface area (Å²) in [4.78, 5) is 23.6. The number of benzene rings is 2. The van der Waals surface area contributed by atoms with Gasteiger partial charge in [-0.15, -0.1) is 0 Å². The number of rotatable bonds is 8. The lowest BCUT2D eigenvalue weighted by atomic mass is 10.1. The van der Waals surface area contributed by atoms with Crippen molar-refractivity contribution in [3.8, 4) is 5.75 Å². The summed E-state index contributed by atoms with van der Waals surface area (Å²) in [6.07, 6.45) is 0.765. The third kappa shape index (κ3) is 5.43. The summed E-state index contributed by atoms with van der Waals surface area (Å²) >= 11 is 0. The number of carbonyl (C=O) groups excluding carboxylic acids is 2. The van der Waals surface area contributed by atoms with Gasteiger partial charge in [-0.1, -0.05) is 25.1 Å². The van der Waals surface area contributed by atoms with Crippen LogP contribution in [0.5, 0.6) is 5.75 Å². The molecule has 0 aliphatic heterocycles. The lowest BCUT2D eigenvalue weighted by Gasteiger charge is -2.08. The highest BCUT2D eigenvalue weighted by atomic mass is 16.6. The molecule has 24 heavy (non-hydrogen) atoms. The van der Waals surface area contributed by atoms with Crippen molar-refractivity contribution in [1.82, 2.24) is 0 Å². The highest BCUT2D eigenvalue weighted by molar-refractivity contribution is 5.93. The average molecular weight is 328 g/mol. The van der Waals surface area contributed by atoms with E-state index in [1.54, 1.807) is 24.3 Å². The van der Waals surface area contributed by atoms with Crippen LogP contribution in [0, 0.1) is 0 Å². The Labute approximate surface area is 141 Å². The van der Waals surface area contributed by atoms with Crippen LogP contribution in [0.15, 0.2) is 54.6 Å². The standard InChI is InChI=1S/C19H20O5/c1-2-12-23-18(20)15-8-10-16(11-9-15)19(21)24-14-13-22-17-6-4-3-5-7-17/h3-11H,2,12-14H2,1H3. The van der Waals surface area contributed by atoms with Crippen LogP contribution in [-0.4, -0.2) is 31.8 Å². The number of carbonyl (C=O) groups is 2. The molecule has 126 valence electrons. The summed E-state index contributed by atoms with van der Waals surface area (Å²) in [6.45, 7) is 2.73. The molecule has 0 aromatic heterocycles. The van der Waals surface area contributed by atoms with E-state index in [0.29, 0.717) is 17.7 Å². The highest BCUT2D eigenvalue weighted by Crippen LogP contribution is 2.09. The van der Waals surface area contributed by atoms with Gasteiger partial charge in [0, 0.05) is 0 Å². The van der Waals surface area contributed by atoms with Crippen LogP contribution in [0.1, 0.15) is 34.1 Å². The molecule has 0 saturated heterocycles. The van der Waals surface area contributed by atoms with Gasteiger partial charge in [-0.05, 0) is 42.8 Å². The topological polar surface area (TPSA) is 61.8 Å². The van der Waals surface area contributed by atoms with Crippen molar-refractivity contribution in [1.29, 1.82) is 0 Å². The summed E-state index contributed by atoms with van der Waals surface area (Å²) in [5, 5.41) is 0. The third-order valence-electron chi connectivity index (χ3n) is 3.12. The van der Waals surface area contributed by atoms with Gasteiger partial charge in [0.25, 0.3) is 0 Å². The molecular weight excluding hydrogens is 308 g/mol. The Morgan fingerprint density at radius 2 is 1.29 bits per heavy atom. The zero-order valence-corrected chi connectivity index (χ0v) is 13.6. The minimum Gasteiger partial charge on any atom is -0.490 e. The molecular formula is C19H20O5. The number of hydrogen-bond acceptors (Lipinski definition) is 5. The maximum absolute atomic E-state index is 11.9. The Morgan fingerprint density at radius 1 is 0.750 bits per heavy atom. The molecule has 2 aromatic carbocycles. The van der Waals surface area contributed by atoms with E-state index in [2.05, 4.69) is 0 Å². The van der Waals surface area contributed by atoms with Crippen molar-refractivity contribution in [2.45, 2.75) is 13.3 Å². The van der Waals surface area contributed by atoms with Crippen LogP contribution in [0.25, 0.3) is 0 Å². The second-order valence-corrected chi connectivity index (χ2v) is 5.01. The Hall–Kier alpha value is -2.82. The SMILES string of the molecule is CCCOC(=O)c1ccc(C(=O)OCCOc2ccccc2)cc1. The van der Waals surface area contributed by atoms with Crippen LogP contribution < -0.4 is 4.74 Å². The normalized spacial score (nSPS) is 10.0. The summed E-state index contributed by atoms with van der Waals surface area (Å²) in [5.74, 6) is -0.128. The molecule has 0 aliphatic rings. The molecule has 0 unspecified atom stereocenters. The second kappa shape index (κ2) is 9.35.